The summed E-state index contributed by atoms with van der Waals surface area (Å²) < 4.78 is 5.95. The largest absolute Gasteiger partial charge is 0.392 e. The number of hydrogen-bond donors (Lipinski definition) is 2. The molecule has 1 aliphatic rings. The highest BCUT2D eigenvalue weighted by molar-refractivity contribution is 5.22. The van der Waals surface area contributed by atoms with E-state index >= 15 is 0 Å². The molecule has 0 aromatic heterocycles. The molecule has 0 saturated carbocycles. The van der Waals surface area contributed by atoms with E-state index in [9.17, 15) is 0 Å². The van der Waals surface area contributed by atoms with Crippen molar-refractivity contribution in [3.63, 3.8) is 0 Å². The molecule has 0 spiro atoms. The van der Waals surface area contributed by atoms with Crippen LogP contribution in [0.5, 0.6) is 0 Å². The highest BCUT2D eigenvalue weighted by Gasteiger charge is 2.23. The van der Waals surface area contributed by atoms with Gasteiger partial charge in [0, 0.05) is 0 Å². The normalized spacial score (nSPS) is 23.4. The molecule has 2 rings (SSSR count). The van der Waals surface area contributed by atoms with Crippen LogP contribution in [0.15, 0.2) is 24.3 Å². The molecule has 3 heteroatoms. The number of benzene rings is 1. The lowest BCUT2D eigenvalue weighted by Gasteiger charge is -2.13. The van der Waals surface area contributed by atoms with Gasteiger partial charge in [-0.1, -0.05) is 24.3 Å². The summed E-state index contributed by atoms with van der Waals surface area (Å²) in [5, 5.41) is 8.98. The Labute approximate surface area is 109 Å². The van der Waals surface area contributed by atoms with Gasteiger partial charge in [-0.2, -0.15) is 0 Å². The second kappa shape index (κ2) is 6.88. The van der Waals surface area contributed by atoms with Crippen molar-refractivity contribution in [2.45, 2.75) is 50.9 Å². The van der Waals surface area contributed by atoms with Crippen LogP contribution < -0.4 is 5.73 Å². The highest BCUT2D eigenvalue weighted by atomic mass is 16.5. The minimum Gasteiger partial charge on any atom is -0.392 e. The van der Waals surface area contributed by atoms with Crippen LogP contribution in [0.1, 0.15) is 36.8 Å². The molecule has 0 amide bonds. The lowest BCUT2D eigenvalue weighted by Crippen LogP contribution is -2.15. The SMILES string of the molecule is NCCC1CCC(CCc2ccc(CO)cc2)O1. The first-order chi connectivity index (χ1) is 8.81. The molecule has 1 saturated heterocycles. The van der Waals surface area contributed by atoms with Gasteiger partial charge in [-0.15, -0.1) is 0 Å². The van der Waals surface area contributed by atoms with Crippen molar-refractivity contribution in [2.75, 3.05) is 6.54 Å². The van der Waals surface area contributed by atoms with Gasteiger partial charge in [-0.25, -0.2) is 0 Å². The van der Waals surface area contributed by atoms with Gasteiger partial charge in [0.05, 0.1) is 18.8 Å². The average Bonchev–Trinajstić information content (AvgIpc) is 2.85. The Bertz CT molecular complexity index is 350. The Balaban J connectivity index is 1.74. The number of nitrogens with two attached hydrogens (primary N) is 1. The molecular formula is C15H23NO2. The lowest BCUT2D eigenvalue weighted by molar-refractivity contribution is 0.0378. The summed E-state index contributed by atoms with van der Waals surface area (Å²) >= 11 is 0. The third-order valence-electron chi connectivity index (χ3n) is 3.64. The van der Waals surface area contributed by atoms with Gasteiger partial charge in [0.2, 0.25) is 0 Å². The molecule has 1 aromatic rings. The Morgan fingerprint density at radius 1 is 1.06 bits per heavy atom. The van der Waals surface area contributed by atoms with E-state index in [0.717, 1.165) is 37.8 Å². The molecule has 2 unspecified atom stereocenters. The number of aliphatic hydroxyl groups is 1. The minimum atomic E-state index is 0.118. The molecule has 18 heavy (non-hydrogen) atoms. The average molecular weight is 249 g/mol. The van der Waals surface area contributed by atoms with E-state index in [-0.39, 0.29) is 6.61 Å². The van der Waals surface area contributed by atoms with E-state index in [4.69, 9.17) is 15.6 Å². The van der Waals surface area contributed by atoms with Crippen LogP contribution in [0.4, 0.5) is 0 Å². The second-order valence-electron chi connectivity index (χ2n) is 5.05. The zero-order valence-electron chi connectivity index (χ0n) is 10.8. The maximum absolute atomic E-state index is 8.98. The molecule has 0 bridgehead atoms. The van der Waals surface area contributed by atoms with Crippen LogP contribution in [0.25, 0.3) is 0 Å². The number of rotatable bonds is 6. The fourth-order valence-electron chi connectivity index (χ4n) is 2.53. The monoisotopic (exact) mass is 249 g/mol. The van der Waals surface area contributed by atoms with E-state index in [0.29, 0.717) is 12.2 Å². The summed E-state index contributed by atoms with van der Waals surface area (Å²) in [6.07, 6.45) is 6.23. The van der Waals surface area contributed by atoms with Crippen LogP contribution in [-0.4, -0.2) is 23.9 Å². The summed E-state index contributed by atoms with van der Waals surface area (Å²) in [5.74, 6) is 0. The van der Waals surface area contributed by atoms with Crippen molar-refractivity contribution >= 4 is 0 Å². The van der Waals surface area contributed by atoms with Crippen molar-refractivity contribution in [2.24, 2.45) is 5.73 Å². The van der Waals surface area contributed by atoms with Crippen molar-refractivity contribution < 1.29 is 9.84 Å². The smallest absolute Gasteiger partial charge is 0.0681 e. The summed E-state index contributed by atoms with van der Waals surface area (Å²) in [7, 11) is 0. The number of aryl methyl sites for hydroxylation is 1. The summed E-state index contributed by atoms with van der Waals surface area (Å²) in [4.78, 5) is 0. The van der Waals surface area contributed by atoms with Crippen molar-refractivity contribution in [1.29, 1.82) is 0 Å². The first-order valence-corrected chi connectivity index (χ1v) is 6.86. The fourth-order valence-corrected chi connectivity index (χ4v) is 2.53. The van der Waals surface area contributed by atoms with Gasteiger partial charge < -0.3 is 15.6 Å². The number of aliphatic hydroxyl groups excluding tert-OH is 1. The quantitative estimate of drug-likeness (QED) is 0.811. The van der Waals surface area contributed by atoms with Crippen LogP contribution in [0.3, 0.4) is 0 Å². The third-order valence-corrected chi connectivity index (χ3v) is 3.64. The van der Waals surface area contributed by atoms with E-state index in [1.54, 1.807) is 0 Å². The van der Waals surface area contributed by atoms with Gasteiger partial charge in [-0.05, 0) is 49.8 Å². The van der Waals surface area contributed by atoms with Gasteiger partial charge in [0.15, 0.2) is 0 Å². The van der Waals surface area contributed by atoms with Crippen LogP contribution >= 0.6 is 0 Å². The molecule has 100 valence electrons. The summed E-state index contributed by atoms with van der Waals surface area (Å²) in [6.45, 7) is 0.840. The zero-order chi connectivity index (χ0) is 12.8. The third kappa shape index (κ3) is 3.80. The van der Waals surface area contributed by atoms with Gasteiger partial charge >= 0.3 is 0 Å². The van der Waals surface area contributed by atoms with E-state index in [2.05, 4.69) is 12.1 Å². The molecule has 2 atom stereocenters. The maximum Gasteiger partial charge on any atom is 0.0681 e. The lowest BCUT2D eigenvalue weighted by atomic mass is 10.0. The number of hydrogen-bond acceptors (Lipinski definition) is 3. The Hall–Kier alpha value is -0.900. The highest BCUT2D eigenvalue weighted by Crippen LogP contribution is 2.25. The molecule has 1 aromatic carbocycles. The van der Waals surface area contributed by atoms with E-state index in [1.165, 1.54) is 12.0 Å². The second-order valence-corrected chi connectivity index (χ2v) is 5.05. The standard InChI is InChI=1S/C15H23NO2/c16-10-9-15-8-7-14(18-15)6-5-12-1-3-13(11-17)4-2-12/h1-4,14-15,17H,5-11,16H2. The van der Waals surface area contributed by atoms with Gasteiger partial charge in [0.25, 0.3) is 0 Å². The Kier molecular flexibility index (Phi) is 5.17. The van der Waals surface area contributed by atoms with Crippen LogP contribution in [0, 0.1) is 0 Å². The molecule has 3 N–H and O–H groups in total. The molecule has 1 aliphatic heterocycles. The van der Waals surface area contributed by atoms with Crippen molar-refractivity contribution in [3.8, 4) is 0 Å². The van der Waals surface area contributed by atoms with Crippen molar-refractivity contribution in [3.05, 3.63) is 35.4 Å². The first-order valence-electron chi connectivity index (χ1n) is 6.86. The van der Waals surface area contributed by atoms with Gasteiger partial charge in [-0.3, -0.25) is 0 Å². The minimum absolute atomic E-state index is 0.118. The Morgan fingerprint density at radius 2 is 1.67 bits per heavy atom. The molecule has 0 radical (unpaired) electrons. The maximum atomic E-state index is 8.98. The molecular weight excluding hydrogens is 226 g/mol. The number of ether oxygens (including phenoxy) is 1. The van der Waals surface area contributed by atoms with E-state index < -0.39 is 0 Å². The predicted octanol–water partition coefficient (Wildman–Crippen LogP) is 2.01. The molecule has 1 heterocycles. The topological polar surface area (TPSA) is 55.5 Å². The zero-order valence-corrected chi connectivity index (χ0v) is 10.8. The summed E-state index contributed by atoms with van der Waals surface area (Å²) in [6, 6.07) is 8.17. The molecule has 0 aliphatic carbocycles. The first kappa shape index (κ1) is 13.5. The predicted molar refractivity (Wildman–Crippen MR) is 72.3 cm³/mol. The van der Waals surface area contributed by atoms with Gasteiger partial charge in [0.1, 0.15) is 0 Å². The molecule has 3 nitrogen and oxygen atoms in total. The van der Waals surface area contributed by atoms with Crippen LogP contribution in [0.2, 0.25) is 0 Å². The van der Waals surface area contributed by atoms with Crippen molar-refractivity contribution in [1.82, 2.24) is 0 Å². The fraction of sp³-hybridized carbons (Fsp3) is 0.600. The summed E-state index contributed by atoms with van der Waals surface area (Å²) in [5.41, 5.74) is 7.83. The molecule has 1 fully saturated rings. The Morgan fingerprint density at radius 3 is 2.28 bits per heavy atom. The van der Waals surface area contributed by atoms with Crippen LogP contribution in [-0.2, 0) is 17.8 Å². The van der Waals surface area contributed by atoms with E-state index in [1.807, 2.05) is 12.1 Å².